The Bertz CT molecular complexity index is 389. The summed E-state index contributed by atoms with van der Waals surface area (Å²) in [5.74, 6) is -0.919. The van der Waals surface area contributed by atoms with Gasteiger partial charge in [0.1, 0.15) is 0 Å². The van der Waals surface area contributed by atoms with Crippen molar-refractivity contribution < 1.29 is 14.3 Å². The first-order chi connectivity index (χ1) is 7.56. The lowest BCUT2D eigenvalue weighted by molar-refractivity contribution is -0.141. The number of Topliss-reactive ketones (excluding diaryl/α,β-unsaturated/α-hetero) is 1. The maximum Gasteiger partial charge on any atom is 0.327 e. The molecule has 0 spiro atoms. The minimum Gasteiger partial charge on any atom is -0.465 e. The van der Waals surface area contributed by atoms with Crippen molar-refractivity contribution in [2.24, 2.45) is 0 Å². The fraction of sp³-hybridized carbons (Fsp3) is 0.273. The van der Waals surface area contributed by atoms with E-state index >= 15 is 0 Å². The van der Waals surface area contributed by atoms with Crippen molar-refractivity contribution in [3.05, 3.63) is 34.9 Å². The largest absolute Gasteiger partial charge is 0.465 e. The fourth-order valence-corrected chi connectivity index (χ4v) is 1.61. The van der Waals surface area contributed by atoms with E-state index in [0.717, 1.165) is 0 Å². The van der Waals surface area contributed by atoms with Crippen LogP contribution < -0.4 is 0 Å². The SMILES string of the molecule is CCOC(=O)[C@H](Br)C(=O)c1ccc(Cl)cc1. The molecule has 0 fully saturated rings. The minimum atomic E-state index is -0.964. The Balaban J connectivity index is 2.78. The second-order valence-corrected chi connectivity index (χ2v) is 4.34. The molecule has 0 saturated carbocycles. The van der Waals surface area contributed by atoms with Crippen molar-refractivity contribution in [2.45, 2.75) is 11.8 Å². The molecule has 1 aromatic carbocycles. The van der Waals surface area contributed by atoms with E-state index in [1.54, 1.807) is 31.2 Å². The number of benzene rings is 1. The van der Waals surface area contributed by atoms with Gasteiger partial charge in [-0.1, -0.05) is 27.5 Å². The third-order valence-electron chi connectivity index (χ3n) is 1.85. The lowest BCUT2D eigenvalue weighted by atomic mass is 10.1. The van der Waals surface area contributed by atoms with Crippen LogP contribution in [0.4, 0.5) is 0 Å². The van der Waals surface area contributed by atoms with Gasteiger partial charge in [-0.15, -0.1) is 0 Å². The number of halogens is 2. The summed E-state index contributed by atoms with van der Waals surface area (Å²) in [5.41, 5.74) is 0.416. The molecule has 3 nitrogen and oxygen atoms in total. The van der Waals surface area contributed by atoms with E-state index in [2.05, 4.69) is 15.9 Å². The molecule has 16 heavy (non-hydrogen) atoms. The summed E-state index contributed by atoms with van der Waals surface area (Å²) in [4.78, 5) is 22.1. The van der Waals surface area contributed by atoms with Gasteiger partial charge in [-0.25, -0.2) is 0 Å². The average Bonchev–Trinajstić information content (AvgIpc) is 2.28. The molecule has 0 amide bonds. The molecule has 0 heterocycles. The van der Waals surface area contributed by atoms with Crippen LogP contribution in [-0.4, -0.2) is 23.2 Å². The molecule has 0 aliphatic rings. The highest BCUT2D eigenvalue weighted by atomic mass is 79.9. The van der Waals surface area contributed by atoms with Gasteiger partial charge >= 0.3 is 5.97 Å². The molecule has 5 heteroatoms. The third-order valence-corrected chi connectivity index (χ3v) is 2.89. The number of ketones is 1. The summed E-state index contributed by atoms with van der Waals surface area (Å²) in [7, 11) is 0. The molecule has 0 unspecified atom stereocenters. The lowest BCUT2D eigenvalue weighted by Crippen LogP contribution is -2.26. The predicted molar refractivity (Wildman–Crippen MR) is 65.1 cm³/mol. The Hall–Kier alpha value is -0.870. The van der Waals surface area contributed by atoms with Crippen molar-refractivity contribution in [3.8, 4) is 0 Å². The van der Waals surface area contributed by atoms with Gasteiger partial charge < -0.3 is 4.74 Å². The zero-order chi connectivity index (χ0) is 12.1. The van der Waals surface area contributed by atoms with Crippen LogP contribution in [0.5, 0.6) is 0 Å². The summed E-state index contributed by atoms with van der Waals surface area (Å²) >= 11 is 8.70. The first kappa shape index (κ1) is 13.2. The number of rotatable bonds is 4. The van der Waals surface area contributed by atoms with Crippen LogP contribution in [0.2, 0.25) is 5.02 Å². The highest BCUT2D eigenvalue weighted by molar-refractivity contribution is 9.10. The van der Waals surface area contributed by atoms with E-state index in [-0.39, 0.29) is 12.4 Å². The van der Waals surface area contributed by atoms with Gasteiger partial charge in [0.2, 0.25) is 0 Å². The van der Waals surface area contributed by atoms with Gasteiger partial charge in [0.05, 0.1) is 6.61 Å². The smallest absolute Gasteiger partial charge is 0.327 e. The number of alkyl halides is 1. The fourth-order valence-electron chi connectivity index (χ4n) is 1.08. The van der Waals surface area contributed by atoms with Crippen LogP contribution in [-0.2, 0) is 9.53 Å². The van der Waals surface area contributed by atoms with E-state index in [0.29, 0.717) is 10.6 Å². The van der Waals surface area contributed by atoms with Gasteiger partial charge in [-0.2, -0.15) is 0 Å². The number of esters is 1. The van der Waals surface area contributed by atoms with Gasteiger partial charge in [-0.05, 0) is 31.2 Å². The molecule has 0 aromatic heterocycles. The van der Waals surface area contributed by atoms with Gasteiger partial charge in [-0.3, -0.25) is 9.59 Å². The normalized spacial score (nSPS) is 11.9. The maximum atomic E-state index is 11.8. The topological polar surface area (TPSA) is 43.4 Å². The molecule has 1 atom stereocenters. The Labute approximate surface area is 107 Å². The summed E-state index contributed by atoms with van der Waals surface area (Å²) < 4.78 is 4.74. The zero-order valence-corrected chi connectivity index (χ0v) is 10.9. The van der Waals surface area contributed by atoms with Gasteiger partial charge in [0, 0.05) is 10.6 Å². The quantitative estimate of drug-likeness (QED) is 0.372. The molecule has 0 saturated heterocycles. The lowest BCUT2D eigenvalue weighted by Gasteiger charge is -2.07. The maximum absolute atomic E-state index is 11.8. The van der Waals surface area contributed by atoms with E-state index < -0.39 is 10.8 Å². The predicted octanol–water partition coefficient (Wildman–Crippen LogP) is 2.85. The average molecular weight is 306 g/mol. The monoisotopic (exact) mass is 304 g/mol. The molecule has 0 bridgehead atoms. The molecule has 0 aliphatic heterocycles. The van der Waals surface area contributed by atoms with Crippen LogP contribution >= 0.6 is 27.5 Å². The number of carbonyl (C=O) groups excluding carboxylic acids is 2. The summed E-state index contributed by atoms with van der Waals surface area (Å²) in [6.07, 6.45) is 0. The molecule has 0 aliphatic carbocycles. The van der Waals surface area contributed by atoms with Gasteiger partial charge in [0.15, 0.2) is 10.6 Å². The number of ether oxygens (including phenoxy) is 1. The molecule has 1 aromatic rings. The number of hydrogen-bond donors (Lipinski definition) is 0. The van der Waals surface area contributed by atoms with Crippen LogP contribution in [0, 0.1) is 0 Å². The molecule has 86 valence electrons. The van der Waals surface area contributed by atoms with Crippen LogP contribution in [0.1, 0.15) is 17.3 Å². The molecule has 0 radical (unpaired) electrons. The van der Waals surface area contributed by atoms with Crippen molar-refractivity contribution in [2.75, 3.05) is 6.61 Å². The molecule has 0 N–H and O–H groups in total. The van der Waals surface area contributed by atoms with Crippen molar-refractivity contribution >= 4 is 39.3 Å². The summed E-state index contributed by atoms with van der Waals surface area (Å²) in [6, 6.07) is 6.33. The van der Waals surface area contributed by atoms with Gasteiger partial charge in [0.25, 0.3) is 0 Å². The Kier molecular flexibility index (Phi) is 4.96. The van der Waals surface area contributed by atoms with Crippen molar-refractivity contribution in [1.29, 1.82) is 0 Å². The second-order valence-electron chi connectivity index (χ2n) is 2.99. The van der Waals surface area contributed by atoms with Crippen molar-refractivity contribution in [3.63, 3.8) is 0 Å². The van der Waals surface area contributed by atoms with E-state index in [1.165, 1.54) is 0 Å². The summed E-state index contributed by atoms with van der Waals surface area (Å²) in [6.45, 7) is 1.93. The number of hydrogen-bond acceptors (Lipinski definition) is 3. The molecular weight excluding hydrogens is 295 g/mol. The zero-order valence-electron chi connectivity index (χ0n) is 8.57. The number of carbonyl (C=O) groups is 2. The third kappa shape index (κ3) is 3.32. The highest BCUT2D eigenvalue weighted by Crippen LogP contribution is 2.15. The van der Waals surface area contributed by atoms with E-state index in [9.17, 15) is 9.59 Å². The van der Waals surface area contributed by atoms with Crippen molar-refractivity contribution in [1.82, 2.24) is 0 Å². The minimum absolute atomic E-state index is 0.245. The van der Waals surface area contributed by atoms with Crippen LogP contribution in [0.25, 0.3) is 0 Å². The van der Waals surface area contributed by atoms with E-state index in [4.69, 9.17) is 16.3 Å². The first-order valence-electron chi connectivity index (χ1n) is 4.66. The Morgan fingerprint density at radius 2 is 1.94 bits per heavy atom. The standard InChI is InChI=1S/C11H10BrClO3/c1-2-16-11(15)9(12)10(14)7-3-5-8(13)6-4-7/h3-6,9H,2H2,1H3/t9-/m1/s1. The van der Waals surface area contributed by atoms with Crippen LogP contribution in [0.3, 0.4) is 0 Å². The Morgan fingerprint density at radius 1 is 1.38 bits per heavy atom. The van der Waals surface area contributed by atoms with E-state index in [1.807, 2.05) is 0 Å². The molecular formula is C11H10BrClO3. The van der Waals surface area contributed by atoms with Crippen LogP contribution in [0.15, 0.2) is 24.3 Å². The second kappa shape index (κ2) is 6.01. The summed E-state index contributed by atoms with van der Waals surface area (Å²) in [5, 5.41) is 0.541. The first-order valence-corrected chi connectivity index (χ1v) is 5.96. The Morgan fingerprint density at radius 3 is 2.44 bits per heavy atom. The molecule has 1 rings (SSSR count). The highest BCUT2D eigenvalue weighted by Gasteiger charge is 2.25.